The van der Waals surface area contributed by atoms with Crippen LogP contribution in [0.1, 0.15) is 45.6 Å². The number of aryl methyl sites for hydroxylation is 1. The summed E-state index contributed by atoms with van der Waals surface area (Å²) < 4.78 is 2.29. The summed E-state index contributed by atoms with van der Waals surface area (Å²) in [5.74, 6) is 1.11. The van der Waals surface area contributed by atoms with Gasteiger partial charge in [0.15, 0.2) is 0 Å². The summed E-state index contributed by atoms with van der Waals surface area (Å²) >= 11 is 0. The van der Waals surface area contributed by atoms with E-state index in [-0.39, 0.29) is 5.54 Å². The van der Waals surface area contributed by atoms with Crippen molar-refractivity contribution < 1.29 is 0 Å². The molecule has 0 saturated heterocycles. The molecule has 1 heterocycles. The average Bonchev–Trinajstić information content (AvgIpc) is 2.45. The van der Waals surface area contributed by atoms with Gasteiger partial charge in [0, 0.05) is 24.8 Å². The first-order chi connectivity index (χ1) is 6.94. The molecule has 0 amide bonds. The van der Waals surface area contributed by atoms with E-state index in [0.29, 0.717) is 0 Å². The Morgan fingerprint density at radius 3 is 2.60 bits per heavy atom. The zero-order valence-electron chi connectivity index (χ0n) is 10.6. The highest BCUT2D eigenvalue weighted by atomic mass is 15.1. The predicted molar refractivity (Wildman–Crippen MR) is 63.8 cm³/mol. The molecule has 1 aromatic rings. The van der Waals surface area contributed by atoms with Gasteiger partial charge in [-0.15, -0.1) is 0 Å². The molecule has 0 spiro atoms. The van der Waals surface area contributed by atoms with Crippen molar-refractivity contribution in [3.05, 3.63) is 17.7 Å². The zero-order valence-corrected chi connectivity index (χ0v) is 10.6. The monoisotopic (exact) mass is 209 g/mol. The lowest BCUT2D eigenvalue weighted by Gasteiger charge is -2.21. The number of aromatic nitrogens is 2. The largest absolute Gasteiger partial charge is 0.331 e. The summed E-state index contributed by atoms with van der Waals surface area (Å²) in [6.07, 6.45) is 3.13. The number of imidazole rings is 1. The first-order valence-corrected chi connectivity index (χ1v) is 5.70. The quantitative estimate of drug-likeness (QED) is 0.825. The van der Waals surface area contributed by atoms with Crippen LogP contribution in [0.3, 0.4) is 0 Å². The Labute approximate surface area is 92.9 Å². The van der Waals surface area contributed by atoms with Crippen LogP contribution in [0.25, 0.3) is 0 Å². The van der Waals surface area contributed by atoms with Crippen LogP contribution in [-0.4, -0.2) is 15.1 Å². The van der Waals surface area contributed by atoms with E-state index < -0.39 is 0 Å². The van der Waals surface area contributed by atoms with Crippen molar-refractivity contribution in [2.75, 3.05) is 0 Å². The number of nitrogens with one attached hydrogen (secondary N) is 1. The fraction of sp³-hybridized carbons (Fsp3) is 0.750. The van der Waals surface area contributed by atoms with Crippen LogP contribution < -0.4 is 5.32 Å². The molecule has 0 fully saturated rings. The number of rotatable bonds is 4. The van der Waals surface area contributed by atoms with Crippen molar-refractivity contribution in [2.45, 2.75) is 59.7 Å². The van der Waals surface area contributed by atoms with Gasteiger partial charge in [-0.05, 0) is 34.1 Å². The molecule has 3 nitrogen and oxygen atoms in total. The maximum Gasteiger partial charge on any atom is 0.105 e. The Balaban J connectivity index is 2.68. The van der Waals surface area contributed by atoms with Crippen LogP contribution in [-0.2, 0) is 13.1 Å². The molecule has 0 aliphatic heterocycles. The van der Waals surface area contributed by atoms with E-state index in [1.165, 1.54) is 5.69 Å². The highest BCUT2D eigenvalue weighted by Gasteiger charge is 2.11. The van der Waals surface area contributed by atoms with E-state index in [9.17, 15) is 0 Å². The zero-order chi connectivity index (χ0) is 11.5. The van der Waals surface area contributed by atoms with E-state index in [2.05, 4.69) is 49.5 Å². The molecule has 0 radical (unpaired) electrons. The summed E-state index contributed by atoms with van der Waals surface area (Å²) in [7, 11) is 0. The third kappa shape index (κ3) is 3.67. The third-order valence-corrected chi connectivity index (χ3v) is 2.38. The molecule has 3 heteroatoms. The lowest BCUT2D eigenvalue weighted by molar-refractivity contribution is 0.414. The van der Waals surface area contributed by atoms with Gasteiger partial charge in [-0.3, -0.25) is 0 Å². The molecular weight excluding hydrogens is 186 g/mol. The van der Waals surface area contributed by atoms with Crippen LogP contribution >= 0.6 is 0 Å². The topological polar surface area (TPSA) is 29.9 Å². The Morgan fingerprint density at radius 1 is 1.40 bits per heavy atom. The molecule has 0 bridgehead atoms. The second kappa shape index (κ2) is 4.79. The minimum absolute atomic E-state index is 0.162. The minimum atomic E-state index is 0.162. The van der Waals surface area contributed by atoms with Crippen molar-refractivity contribution in [1.82, 2.24) is 14.9 Å². The first-order valence-electron chi connectivity index (χ1n) is 5.70. The second-order valence-electron chi connectivity index (χ2n) is 5.05. The van der Waals surface area contributed by atoms with Crippen molar-refractivity contribution in [2.24, 2.45) is 0 Å². The Hall–Kier alpha value is -0.830. The van der Waals surface area contributed by atoms with Crippen LogP contribution in [0, 0.1) is 6.92 Å². The smallest absolute Gasteiger partial charge is 0.105 e. The molecule has 0 atom stereocenters. The van der Waals surface area contributed by atoms with Gasteiger partial charge in [0.25, 0.3) is 0 Å². The molecule has 0 aromatic carbocycles. The van der Waals surface area contributed by atoms with Crippen molar-refractivity contribution in [1.29, 1.82) is 0 Å². The van der Waals surface area contributed by atoms with Gasteiger partial charge in [-0.25, -0.2) is 4.98 Å². The van der Waals surface area contributed by atoms with Crippen molar-refractivity contribution in [3.63, 3.8) is 0 Å². The fourth-order valence-corrected chi connectivity index (χ4v) is 1.54. The molecule has 1 aromatic heterocycles. The molecule has 0 saturated carbocycles. The standard InChI is InChI=1S/C12H23N3/c1-6-7-15-10(2)13-8-11(15)9-14-12(3,4)5/h8,14H,6-7,9H2,1-5H3. The van der Waals surface area contributed by atoms with Gasteiger partial charge in [-0.1, -0.05) is 6.92 Å². The molecular formula is C12H23N3. The molecule has 0 aliphatic rings. The average molecular weight is 209 g/mol. The maximum atomic E-state index is 4.36. The molecule has 0 unspecified atom stereocenters. The van der Waals surface area contributed by atoms with Crippen LogP contribution in [0.4, 0.5) is 0 Å². The highest BCUT2D eigenvalue weighted by molar-refractivity contribution is 5.04. The summed E-state index contributed by atoms with van der Waals surface area (Å²) in [5.41, 5.74) is 1.44. The van der Waals surface area contributed by atoms with Crippen molar-refractivity contribution in [3.8, 4) is 0 Å². The lowest BCUT2D eigenvalue weighted by atomic mass is 10.1. The molecule has 86 valence electrons. The Bertz CT molecular complexity index is 307. The fourth-order valence-electron chi connectivity index (χ4n) is 1.54. The summed E-state index contributed by atoms with van der Waals surface area (Å²) in [6.45, 7) is 12.8. The van der Waals surface area contributed by atoms with Gasteiger partial charge >= 0.3 is 0 Å². The Kier molecular flexibility index (Phi) is 3.91. The summed E-state index contributed by atoms with van der Waals surface area (Å²) in [6, 6.07) is 0. The van der Waals surface area contributed by atoms with E-state index >= 15 is 0 Å². The van der Waals surface area contributed by atoms with E-state index in [4.69, 9.17) is 0 Å². The molecule has 0 aliphatic carbocycles. The van der Waals surface area contributed by atoms with Gasteiger partial charge in [0.05, 0.1) is 5.69 Å². The number of nitrogens with zero attached hydrogens (tertiary/aromatic N) is 2. The van der Waals surface area contributed by atoms with Crippen LogP contribution in [0.5, 0.6) is 0 Å². The second-order valence-corrected chi connectivity index (χ2v) is 5.05. The minimum Gasteiger partial charge on any atom is -0.331 e. The third-order valence-electron chi connectivity index (χ3n) is 2.38. The summed E-state index contributed by atoms with van der Waals surface area (Å²) in [4.78, 5) is 4.36. The van der Waals surface area contributed by atoms with Crippen LogP contribution in [0.2, 0.25) is 0 Å². The predicted octanol–water partition coefficient (Wildman–Crippen LogP) is 2.49. The normalized spacial score (nSPS) is 12.1. The lowest BCUT2D eigenvalue weighted by Crippen LogP contribution is -2.35. The SMILES string of the molecule is CCCn1c(CNC(C)(C)C)cnc1C. The highest BCUT2D eigenvalue weighted by Crippen LogP contribution is 2.08. The molecule has 1 rings (SSSR count). The maximum absolute atomic E-state index is 4.36. The molecule has 15 heavy (non-hydrogen) atoms. The molecule has 1 N–H and O–H groups in total. The number of hydrogen-bond acceptors (Lipinski definition) is 2. The van der Waals surface area contributed by atoms with E-state index in [1.807, 2.05) is 6.20 Å². The van der Waals surface area contributed by atoms with Crippen LogP contribution in [0.15, 0.2) is 6.20 Å². The summed E-state index contributed by atoms with van der Waals surface area (Å²) in [5, 5.41) is 3.49. The van der Waals surface area contributed by atoms with Gasteiger partial charge in [0.1, 0.15) is 5.82 Å². The first kappa shape index (κ1) is 12.2. The van der Waals surface area contributed by atoms with E-state index in [1.54, 1.807) is 0 Å². The van der Waals surface area contributed by atoms with Gasteiger partial charge in [0.2, 0.25) is 0 Å². The number of hydrogen-bond donors (Lipinski definition) is 1. The van der Waals surface area contributed by atoms with E-state index in [0.717, 1.165) is 25.3 Å². The van der Waals surface area contributed by atoms with Gasteiger partial charge < -0.3 is 9.88 Å². The van der Waals surface area contributed by atoms with Crippen molar-refractivity contribution >= 4 is 0 Å². The van der Waals surface area contributed by atoms with Gasteiger partial charge in [-0.2, -0.15) is 0 Å². The Morgan fingerprint density at radius 2 is 2.07 bits per heavy atom.